The fourth-order valence-electron chi connectivity index (χ4n) is 2.03. The number of amides is 2. The van der Waals surface area contributed by atoms with Gasteiger partial charge in [-0.2, -0.15) is 0 Å². The second-order valence-corrected chi connectivity index (χ2v) is 7.00. The van der Waals surface area contributed by atoms with Crippen LogP contribution in [0.5, 0.6) is 0 Å². The summed E-state index contributed by atoms with van der Waals surface area (Å²) in [7, 11) is 0. The Bertz CT molecular complexity index is 695. The molecule has 2 rings (SSSR count). The van der Waals surface area contributed by atoms with Gasteiger partial charge in [-0.1, -0.05) is 55.0 Å². The number of hydrogen-bond acceptors (Lipinski definition) is 5. The molecular weight excluding hydrogens is 324 g/mol. The van der Waals surface area contributed by atoms with Crippen LogP contribution >= 0.6 is 11.3 Å². The van der Waals surface area contributed by atoms with Crippen LogP contribution in [0.15, 0.2) is 24.3 Å². The van der Waals surface area contributed by atoms with Gasteiger partial charge in [0.15, 0.2) is 0 Å². The summed E-state index contributed by atoms with van der Waals surface area (Å²) in [6.45, 7) is 6.30. The van der Waals surface area contributed by atoms with Gasteiger partial charge >= 0.3 is 0 Å². The molecule has 2 N–H and O–H groups in total. The number of anilines is 1. The normalized spacial score (nSPS) is 10.7. The van der Waals surface area contributed by atoms with Crippen molar-refractivity contribution in [3.63, 3.8) is 0 Å². The molecule has 0 radical (unpaired) electrons. The predicted octanol–water partition coefficient (Wildman–Crippen LogP) is 3.00. The summed E-state index contributed by atoms with van der Waals surface area (Å²) >= 11 is 1.33. The molecule has 0 aliphatic carbocycles. The molecule has 0 unspecified atom stereocenters. The van der Waals surface area contributed by atoms with Crippen LogP contribution in [0.1, 0.15) is 32.3 Å². The van der Waals surface area contributed by atoms with E-state index in [2.05, 4.69) is 20.8 Å². The minimum absolute atomic E-state index is 0.0321. The third-order valence-corrected chi connectivity index (χ3v) is 4.13. The van der Waals surface area contributed by atoms with Crippen molar-refractivity contribution in [3.05, 3.63) is 29.8 Å². The minimum atomic E-state index is -0.188. The summed E-state index contributed by atoms with van der Waals surface area (Å²) in [5.41, 5.74) is 2.15. The number of aryl methyl sites for hydroxylation is 1. The van der Waals surface area contributed by atoms with Gasteiger partial charge in [0.2, 0.25) is 16.9 Å². The highest BCUT2D eigenvalue weighted by Crippen LogP contribution is 2.26. The Morgan fingerprint density at radius 3 is 2.50 bits per heavy atom. The maximum absolute atomic E-state index is 11.9. The molecule has 0 spiro atoms. The highest BCUT2D eigenvalue weighted by atomic mass is 32.1. The summed E-state index contributed by atoms with van der Waals surface area (Å²) in [6.07, 6.45) is 0.682. The fourth-order valence-corrected chi connectivity index (χ4v) is 2.79. The van der Waals surface area contributed by atoms with Crippen molar-refractivity contribution < 1.29 is 9.59 Å². The van der Waals surface area contributed by atoms with Gasteiger partial charge in [-0.05, 0) is 12.8 Å². The van der Waals surface area contributed by atoms with Crippen molar-refractivity contribution in [1.29, 1.82) is 0 Å². The Balaban J connectivity index is 1.80. The highest BCUT2D eigenvalue weighted by Gasteiger charge is 2.10. The Kier molecular flexibility index (Phi) is 6.43. The van der Waals surface area contributed by atoms with Crippen LogP contribution in [-0.4, -0.2) is 28.6 Å². The summed E-state index contributed by atoms with van der Waals surface area (Å²) in [5.74, 6) is 0.0854. The van der Waals surface area contributed by atoms with E-state index in [-0.39, 0.29) is 18.2 Å². The average Bonchev–Trinajstić information content (AvgIpc) is 2.95. The Hall–Kier alpha value is -2.28. The number of nitrogens with one attached hydrogen (secondary N) is 2. The summed E-state index contributed by atoms with van der Waals surface area (Å²) in [5, 5.41) is 14.8. The first-order chi connectivity index (χ1) is 11.4. The van der Waals surface area contributed by atoms with E-state index in [1.165, 1.54) is 16.9 Å². The van der Waals surface area contributed by atoms with E-state index >= 15 is 0 Å². The number of nitrogens with zero attached hydrogens (tertiary/aromatic N) is 2. The molecule has 1 aromatic carbocycles. The molecule has 0 fully saturated rings. The first kappa shape index (κ1) is 18.1. The lowest BCUT2D eigenvalue weighted by Gasteiger charge is -2.06. The zero-order valence-corrected chi connectivity index (χ0v) is 14.9. The standard InChI is InChI=1S/C17H22N4O2S/c1-11(2)10-15(23)18-9-8-14(22)19-17-21-20-16(24-17)13-6-4-12(3)5-7-13/h4-7,11H,8-10H2,1-3H3,(H,18,23)(H,19,21,22). The van der Waals surface area contributed by atoms with Crippen LogP contribution in [0.4, 0.5) is 5.13 Å². The first-order valence-corrected chi connectivity index (χ1v) is 8.73. The lowest BCUT2D eigenvalue weighted by molar-refractivity contribution is -0.121. The SMILES string of the molecule is Cc1ccc(-c2nnc(NC(=O)CCNC(=O)CC(C)C)s2)cc1. The molecule has 2 aromatic rings. The minimum Gasteiger partial charge on any atom is -0.356 e. The molecule has 0 aliphatic rings. The molecule has 0 saturated carbocycles. The molecule has 24 heavy (non-hydrogen) atoms. The lowest BCUT2D eigenvalue weighted by Crippen LogP contribution is -2.28. The van der Waals surface area contributed by atoms with Gasteiger partial charge in [-0.15, -0.1) is 10.2 Å². The van der Waals surface area contributed by atoms with E-state index < -0.39 is 0 Å². The quantitative estimate of drug-likeness (QED) is 0.807. The first-order valence-electron chi connectivity index (χ1n) is 7.91. The van der Waals surface area contributed by atoms with Crippen LogP contribution < -0.4 is 10.6 Å². The molecule has 0 bridgehead atoms. The molecule has 128 valence electrons. The number of rotatable bonds is 7. The van der Waals surface area contributed by atoms with Crippen molar-refractivity contribution in [3.8, 4) is 10.6 Å². The Morgan fingerprint density at radius 1 is 1.12 bits per heavy atom. The summed E-state index contributed by atoms with van der Waals surface area (Å²) < 4.78 is 0. The van der Waals surface area contributed by atoms with Gasteiger partial charge in [-0.25, -0.2) is 0 Å². The molecule has 7 heteroatoms. The van der Waals surface area contributed by atoms with Crippen LogP contribution in [0, 0.1) is 12.8 Å². The molecule has 6 nitrogen and oxygen atoms in total. The van der Waals surface area contributed by atoms with E-state index in [1.54, 1.807) is 0 Å². The van der Waals surface area contributed by atoms with E-state index in [0.717, 1.165) is 10.6 Å². The van der Waals surface area contributed by atoms with E-state index in [9.17, 15) is 9.59 Å². The second-order valence-electron chi connectivity index (χ2n) is 6.02. The maximum atomic E-state index is 11.9. The number of hydrogen-bond donors (Lipinski definition) is 2. The van der Waals surface area contributed by atoms with Crippen molar-refractivity contribution >= 4 is 28.3 Å². The van der Waals surface area contributed by atoms with Gasteiger partial charge in [0, 0.05) is 24.9 Å². The molecule has 1 heterocycles. The van der Waals surface area contributed by atoms with E-state index in [0.29, 0.717) is 24.0 Å². The highest BCUT2D eigenvalue weighted by molar-refractivity contribution is 7.18. The lowest BCUT2D eigenvalue weighted by atomic mass is 10.1. The monoisotopic (exact) mass is 346 g/mol. The van der Waals surface area contributed by atoms with Gasteiger partial charge in [0.25, 0.3) is 0 Å². The molecule has 0 aliphatic heterocycles. The Labute approximate surface area is 145 Å². The second kappa shape index (κ2) is 8.54. The van der Waals surface area contributed by atoms with Crippen LogP contribution in [0.3, 0.4) is 0 Å². The van der Waals surface area contributed by atoms with Crippen molar-refractivity contribution in [2.24, 2.45) is 5.92 Å². The third kappa shape index (κ3) is 5.73. The zero-order chi connectivity index (χ0) is 17.5. The van der Waals surface area contributed by atoms with E-state index in [4.69, 9.17) is 0 Å². The van der Waals surface area contributed by atoms with E-state index in [1.807, 2.05) is 45.0 Å². The molecule has 2 amide bonds. The maximum Gasteiger partial charge on any atom is 0.227 e. The summed E-state index contributed by atoms with van der Waals surface area (Å²) in [6, 6.07) is 7.97. The number of carbonyl (C=O) groups is 2. The third-order valence-electron chi connectivity index (χ3n) is 3.24. The van der Waals surface area contributed by atoms with Crippen LogP contribution in [0.2, 0.25) is 0 Å². The fraction of sp³-hybridized carbons (Fsp3) is 0.412. The zero-order valence-electron chi connectivity index (χ0n) is 14.1. The van der Waals surface area contributed by atoms with Crippen LogP contribution in [-0.2, 0) is 9.59 Å². The van der Waals surface area contributed by atoms with Crippen molar-refractivity contribution in [2.45, 2.75) is 33.6 Å². The summed E-state index contributed by atoms with van der Waals surface area (Å²) in [4.78, 5) is 23.4. The van der Waals surface area contributed by atoms with Gasteiger partial charge in [-0.3, -0.25) is 9.59 Å². The van der Waals surface area contributed by atoms with Crippen LogP contribution in [0.25, 0.3) is 10.6 Å². The van der Waals surface area contributed by atoms with Crippen molar-refractivity contribution in [2.75, 3.05) is 11.9 Å². The van der Waals surface area contributed by atoms with Crippen molar-refractivity contribution in [1.82, 2.24) is 15.5 Å². The Morgan fingerprint density at radius 2 is 1.83 bits per heavy atom. The van der Waals surface area contributed by atoms with Gasteiger partial charge < -0.3 is 10.6 Å². The smallest absolute Gasteiger partial charge is 0.227 e. The number of aromatic nitrogens is 2. The number of benzene rings is 1. The topological polar surface area (TPSA) is 84.0 Å². The van der Waals surface area contributed by atoms with Gasteiger partial charge in [0.1, 0.15) is 5.01 Å². The molecule has 0 atom stereocenters. The molecule has 0 saturated heterocycles. The van der Waals surface area contributed by atoms with Gasteiger partial charge in [0.05, 0.1) is 0 Å². The molecule has 1 aromatic heterocycles. The predicted molar refractivity (Wildman–Crippen MR) is 95.8 cm³/mol. The molecular formula is C17H22N4O2S. The average molecular weight is 346 g/mol. The largest absolute Gasteiger partial charge is 0.356 e. The number of carbonyl (C=O) groups excluding carboxylic acids is 2.